The first-order valence-corrected chi connectivity index (χ1v) is 7.30. The van der Waals surface area contributed by atoms with Gasteiger partial charge in [0, 0.05) is 12.1 Å². The molecule has 0 amide bonds. The standard InChI is InChI=1S/C15H29N/c1-5-12-8-9-13(11(12)2)16-14-7-6-10-15(14,3)4/h11-14,16H,5-10H2,1-4H3. The smallest absolute Gasteiger partial charge is 0.0121 e. The van der Waals surface area contributed by atoms with Gasteiger partial charge in [-0.3, -0.25) is 0 Å². The van der Waals surface area contributed by atoms with E-state index in [0.29, 0.717) is 5.41 Å². The van der Waals surface area contributed by atoms with Crippen molar-refractivity contribution in [3.63, 3.8) is 0 Å². The van der Waals surface area contributed by atoms with Crippen LogP contribution in [-0.4, -0.2) is 12.1 Å². The lowest BCUT2D eigenvalue weighted by molar-refractivity contribution is 0.235. The molecule has 2 aliphatic rings. The second kappa shape index (κ2) is 4.68. The van der Waals surface area contributed by atoms with Gasteiger partial charge in [-0.1, -0.05) is 40.5 Å². The summed E-state index contributed by atoms with van der Waals surface area (Å²) in [7, 11) is 0. The minimum absolute atomic E-state index is 0.532. The molecule has 0 aromatic heterocycles. The van der Waals surface area contributed by atoms with Gasteiger partial charge < -0.3 is 5.32 Å². The summed E-state index contributed by atoms with van der Waals surface area (Å²) in [6.45, 7) is 9.69. The van der Waals surface area contributed by atoms with Gasteiger partial charge >= 0.3 is 0 Å². The summed E-state index contributed by atoms with van der Waals surface area (Å²) in [6.07, 6.45) is 8.45. The van der Waals surface area contributed by atoms with Crippen LogP contribution in [0.15, 0.2) is 0 Å². The van der Waals surface area contributed by atoms with E-state index in [0.717, 1.165) is 23.9 Å². The summed E-state index contributed by atoms with van der Waals surface area (Å²) in [4.78, 5) is 0. The summed E-state index contributed by atoms with van der Waals surface area (Å²) < 4.78 is 0. The van der Waals surface area contributed by atoms with Crippen molar-refractivity contribution in [2.45, 2.75) is 78.3 Å². The normalized spacial score (nSPS) is 42.8. The van der Waals surface area contributed by atoms with Crippen LogP contribution in [0.5, 0.6) is 0 Å². The molecule has 0 aromatic rings. The predicted molar refractivity (Wildman–Crippen MR) is 70.5 cm³/mol. The molecule has 1 heteroatoms. The molecule has 0 aliphatic heterocycles. The third-order valence-corrected chi connectivity index (χ3v) is 5.42. The quantitative estimate of drug-likeness (QED) is 0.763. The first-order valence-electron chi connectivity index (χ1n) is 7.30. The van der Waals surface area contributed by atoms with E-state index < -0.39 is 0 Å². The lowest BCUT2D eigenvalue weighted by Gasteiger charge is -2.33. The third-order valence-electron chi connectivity index (χ3n) is 5.42. The second-order valence-corrected chi connectivity index (χ2v) is 6.81. The molecular weight excluding hydrogens is 194 g/mol. The van der Waals surface area contributed by atoms with Crippen LogP contribution in [0, 0.1) is 17.3 Å². The summed E-state index contributed by atoms with van der Waals surface area (Å²) in [5.41, 5.74) is 0.532. The van der Waals surface area contributed by atoms with Gasteiger partial charge in [-0.2, -0.15) is 0 Å². The van der Waals surface area contributed by atoms with Crippen LogP contribution in [0.4, 0.5) is 0 Å². The maximum absolute atomic E-state index is 3.98. The Kier molecular flexibility index (Phi) is 3.63. The molecule has 2 saturated carbocycles. The first kappa shape index (κ1) is 12.4. The maximum atomic E-state index is 3.98. The van der Waals surface area contributed by atoms with Crippen molar-refractivity contribution < 1.29 is 0 Å². The fraction of sp³-hybridized carbons (Fsp3) is 1.00. The van der Waals surface area contributed by atoms with E-state index in [1.807, 2.05) is 0 Å². The zero-order chi connectivity index (χ0) is 11.8. The van der Waals surface area contributed by atoms with E-state index in [1.165, 1.54) is 38.5 Å². The van der Waals surface area contributed by atoms with E-state index in [1.54, 1.807) is 0 Å². The van der Waals surface area contributed by atoms with Gasteiger partial charge in [0.25, 0.3) is 0 Å². The lowest BCUT2D eigenvalue weighted by atomic mass is 9.86. The molecule has 0 bridgehead atoms. The van der Waals surface area contributed by atoms with E-state index in [-0.39, 0.29) is 0 Å². The van der Waals surface area contributed by atoms with Crippen molar-refractivity contribution in [2.24, 2.45) is 17.3 Å². The average Bonchev–Trinajstić information content (AvgIpc) is 2.73. The zero-order valence-corrected chi connectivity index (χ0v) is 11.6. The van der Waals surface area contributed by atoms with Crippen molar-refractivity contribution in [3.8, 4) is 0 Å². The summed E-state index contributed by atoms with van der Waals surface area (Å²) in [6, 6.07) is 1.57. The molecule has 0 radical (unpaired) electrons. The Morgan fingerprint density at radius 1 is 1.19 bits per heavy atom. The van der Waals surface area contributed by atoms with E-state index >= 15 is 0 Å². The molecule has 0 aromatic carbocycles. The van der Waals surface area contributed by atoms with Crippen LogP contribution < -0.4 is 5.32 Å². The van der Waals surface area contributed by atoms with E-state index in [9.17, 15) is 0 Å². The Labute approximate surface area is 101 Å². The van der Waals surface area contributed by atoms with Crippen molar-refractivity contribution >= 4 is 0 Å². The van der Waals surface area contributed by atoms with Gasteiger partial charge in [0.15, 0.2) is 0 Å². The van der Waals surface area contributed by atoms with Gasteiger partial charge in [-0.15, -0.1) is 0 Å². The second-order valence-electron chi connectivity index (χ2n) is 6.81. The Hall–Kier alpha value is -0.0400. The van der Waals surface area contributed by atoms with Gasteiger partial charge in [0.05, 0.1) is 0 Å². The first-order chi connectivity index (χ1) is 7.54. The molecule has 2 fully saturated rings. The Balaban J connectivity index is 1.91. The van der Waals surface area contributed by atoms with Crippen LogP contribution in [0.3, 0.4) is 0 Å². The lowest BCUT2D eigenvalue weighted by Crippen LogP contribution is -2.45. The molecule has 1 N–H and O–H groups in total. The van der Waals surface area contributed by atoms with Crippen molar-refractivity contribution in [1.29, 1.82) is 0 Å². The van der Waals surface area contributed by atoms with E-state index in [2.05, 4.69) is 33.0 Å². The van der Waals surface area contributed by atoms with Crippen LogP contribution in [0.1, 0.15) is 66.2 Å². The molecule has 1 nitrogen and oxygen atoms in total. The van der Waals surface area contributed by atoms with Crippen LogP contribution in [0.25, 0.3) is 0 Å². The summed E-state index contributed by atoms with van der Waals surface area (Å²) in [5.74, 6) is 1.86. The van der Waals surface area contributed by atoms with Crippen molar-refractivity contribution in [2.75, 3.05) is 0 Å². The monoisotopic (exact) mass is 223 g/mol. The van der Waals surface area contributed by atoms with E-state index in [4.69, 9.17) is 0 Å². The molecule has 4 unspecified atom stereocenters. The summed E-state index contributed by atoms with van der Waals surface area (Å²) in [5, 5.41) is 3.98. The Morgan fingerprint density at radius 2 is 1.94 bits per heavy atom. The highest BCUT2D eigenvalue weighted by atomic mass is 15.0. The molecule has 94 valence electrons. The van der Waals surface area contributed by atoms with Crippen LogP contribution in [0.2, 0.25) is 0 Å². The Bertz CT molecular complexity index is 234. The molecular formula is C15H29N. The molecule has 2 rings (SSSR count). The Morgan fingerprint density at radius 3 is 2.44 bits per heavy atom. The highest BCUT2D eigenvalue weighted by molar-refractivity contribution is 4.95. The topological polar surface area (TPSA) is 12.0 Å². The number of hydrogen-bond donors (Lipinski definition) is 1. The van der Waals surface area contributed by atoms with Gasteiger partial charge in [0.1, 0.15) is 0 Å². The zero-order valence-electron chi connectivity index (χ0n) is 11.6. The minimum atomic E-state index is 0.532. The van der Waals surface area contributed by atoms with Crippen LogP contribution in [-0.2, 0) is 0 Å². The van der Waals surface area contributed by atoms with Crippen molar-refractivity contribution in [3.05, 3.63) is 0 Å². The average molecular weight is 223 g/mol. The summed E-state index contributed by atoms with van der Waals surface area (Å²) >= 11 is 0. The molecule has 0 saturated heterocycles. The number of rotatable bonds is 3. The van der Waals surface area contributed by atoms with Gasteiger partial charge in [-0.25, -0.2) is 0 Å². The minimum Gasteiger partial charge on any atom is -0.310 e. The third kappa shape index (κ3) is 2.30. The largest absolute Gasteiger partial charge is 0.310 e. The SMILES string of the molecule is CCC1CCC(NC2CCCC2(C)C)C1C. The molecule has 0 spiro atoms. The maximum Gasteiger partial charge on any atom is 0.0121 e. The van der Waals surface area contributed by atoms with Gasteiger partial charge in [0.2, 0.25) is 0 Å². The predicted octanol–water partition coefficient (Wildman–Crippen LogP) is 3.98. The molecule has 16 heavy (non-hydrogen) atoms. The highest BCUT2D eigenvalue weighted by Crippen LogP contribution is 2.40. The fourth-order valence-electron chi connectivity index (χ4n) is 3.95. The van der Waals surface area contributed by atoms with Gasteiger partial charge in [-0.05, 0) is 42.9 Å². The highest BCUT2D eigenvalue weighted by Gasteiger charge is 2.39. The molecule has 0 heterocycles. The number of hydrogen-bond acceptors (Lipinski definition) is 1. The van der Waals surface area contributed by atoms with Crippen LogP contribution >= 0.6 is 0 Å². The fourth-order valence-corrected chi connectivity index (χ4v) is 3.95. The molecule has 4 atom stereocenters. The number of nitrogens with one attached hydrogen (secondary N) is 1. The van der Waals surface area contributed by atoms with Crippen molar-refractivity contribution in [1.82, 2.24) is 5.32 Å². The molecule has 2 aliphatic carbocycles.